The second-order valence-electron chi connectivity index (χ2n) is 6.34. The van der Waals surface area contributed by atoms with Gasteiger partial charge in [-0.2, -0.15) is 5.10 Å². The second kappa shape index (κ2) is 6.92. The summed E-state index contributed by atoms with van der Waals surface area (Å²) in [7, 11) is 0. The van der Waals surface area contributed by atoms with Crippen LogP contribution in [0.2, 0.25) is 5.02 Å². The van der Waals surface area contributed by atoms with Crippen molar-refractivity contribution in [3.8, 4) is 0 Å². The largest absolute Gasteiger partial charge is 0.336 e. The predicted octanol–water partition coefficient (Wildman–Crippen LogP) is 2.18. The van der Waals surface area contributed by atoms with E-state index in [-0.39, 0.29) is 5.91 Å². The molecule has 0 bridgehead atoms. The Kier molecular flexibility index (Phi) is 4.46. The quantitative estimate of drug-likeness (QED) is 0.708. The fourth-order valence-electron chi connectivity index (χ4n) is 3.25. The maximum Gasteiger partial charge on any atom is 0.254 e. The van der Waals surface area contributed by atoms with Gasteiger partial charge in [0, 0.05) is 49.0 Å². The summed E-state index contributed by atoms with van der Waals surface area (Å²) in [6, 6.07) is 7.33. The van der Waals surface area contributed by atoms with Crippen LogP contribution in [0.3, 0.4) is 0 Å². The Morgan fingerprint density at radius 1 is 1.19 bits per heavy atom. The van der Waals surface area contributed by atoms with Crippen molar-refractivity contribution in [3.63, 3.8) is 0 Å². The molecule has 8 heteroatoms. The zero-order chi connectivity index (χ0) is 18.1. The molecule has 1 aromatic carbocycles. The first-order chi connectivity index (χ1) is 12.6. The Morgan fingerprint density at radius 2 is 2.08 bits per heavy atom. The lowest BCUT2D eigenvalue weighted by atomic mass is 10.1. The van der Waals surface area contributed by atoms with Crippen molar-refractivity contribution in [2.45, 2.75) is 26.4 Å². The van der Waals surface area contributed by atoms with Gasteiger partial charge in [-0.05, 0) is 30.7 Å². The van der Waals surface area contributed by atoms with E-state index in [1.807, 2.05) is 40.9 Å². The summed E-state index contributed by atoms with van der Waals surface area (Å²) in [5.41, 5.74) is 1.48. The van der Waals surface area contributed by atoms with Crippen molar-refractivity contribution < 1.29 is 4.79 Å². The first kappa shape index (κ1) is 16.8. The molecule has 0 N–H and O–H groups in total. The van der Waals surface area contributed by atoms with E-state index in [0.717, 1.165) is 17.2 Å². The molecule has 0 saturated carbocycles. The number of hydrogen-bond donors (Lipinski definition) is 0. The molecule has 0 radical (unpaired) electrons. The van der Waals surface area contributed by atoms with Gasteiger partial charge in [0.05, 0.1) is 0 Å². The third-order valence-corrected chi connectivity index (χ3v) is 5.16. The summed E-state index contributed by atoms with van der Waals surface area (Å²) >= 11 is 6.17. The number of rotatable bonds is 3. The predicted molar refractivity (Wildman–Crippen MR) is 97.1 cm³/mol. The lowest BCUT2D eigenvalue weighted by Crippen LogP contribution is -2.34. The molecule has 0 spiro atoms. The molecule has 1 aliphatic rings. The molecule has 2 aromatic heterocycles. The van der Waals surface area contributed by atoms with Gasteiger partial charge in [-0.25, -0.2) is 0 Å². The highest BCUT2D eigenvalue weighted by Crippen LogP contribution is 2.21. The molecule has 1 amide bonds. The number of halogens is 1. The highest BCUT2D eigenvalue weighted by atomic mass is 35.5. The Hall–Kier alpha value is -2.67. The van der Waals surface area contributed by atoms with Crippen molar-refractivity contribution in [2.75, 3.05) is 13.1 Å². The van der Waals surface area contributed by atoms with E-state index in [4.69, 9.17) is 11.6 Å². The molecule has 0 unspecified atom stereocenters. The maximum absolute atomic E-state index is 12.9. The molecular formula is C18H19ClN6O. The van der Waals surface area contributed by atoms with Crippen molar-refractivity contribution in [1.29, 1.82) is 0 Å². The highest BCUT2D eigenvalue weighted by Gasteiger charge is 2.24. The Labute approximate surface area is 156 Å². The summed E-state index contributed by atoms with van der Waals surface area (Å²) in [6.45, 7) is 4.35. The summed E-state index contributed by atoms with van der Waals surface area (Å²) in [5.74, 6) is 1.78. The molecule has 1 aliphatic heterocycles. The Bertz CT molecular complexity index is 933. The number of fused-ring (bicyclic) bond motifs is 1. The van der Waals surface area contributed by atoms with Crippen LogP contribution in [0.4, 0.5) is 0 Å². The highest BCUT2D eigenvalue weighted by molar-refractivity contribution is 6.31. The number of nitrogens with zero attached hydrogens (tertiary/aromatic N) is 6. The van der Waals surface area contributed by atoms with E-state index < -0.39 is 0 Å². The van der Waals surface area contributed by atoms with E-state index in [1.165, 1.54) is 0 Å². The van der Waals surface area contributed by atoms with Crippen molar-refractivity contribution in [1.82, 2.24) is 29.4 Å². The van der Waals surface area contributed by atoms with Crippen molar-refractivity contribution in [3.05, 3.63) is 64.5 Å². The van der Waals surface area contributed by atoms with Crippen LogP contribution in [0.5, 0.6) is 0 Å². The van der Waals surface area contributed by atoms with Crippen LogP contribution in [-0.4, -0.2) is 48.4 Å². The molecular weight excluding hydrogens is 352 g/mol. The van der Waals surface area contributed by atoms with Gasteiger partial charge in [0.2, 0.25) is 0 Å². The minimum absolute atomic E-state index is 0.0114. The van der Waals surface area contributed by atoms with Gasteiger partial charge in [0.1, 0.15) is 12.4 Å². The SMILES string of the molecule is Cc1c(Cl)cccc1C(=O)N1CCc2nnc(Cn3cccn3)n2CC1. The van der Waals surface area contributed by atoms with E-state index in [1.54, 1.807) is 12.3 Å². The fourth-order valence-corrected chi connectivity index (χ4v) is 3.43. The number of benzene rings is 1. The molecule has 0 saturated heterocycles. The molecule has 0 atom stereocenters. The summed E-state index contributed by atoms with van der Waals surface area (Å²) in [5, 5.41) is 13.4. The van der Waals surface area contributed by atoms with Crippen molar-refractivity contribution in [2.24, 2.45) is 0 Å². The van der Waals surface area contributed by atoms with Crippen LogP contribution in [0.25, 0.3) is 0 Å². The van der Waals surface area contributed by atoms with Crippen molar-refractivity contribution >= 4 is 17.5 Å². The topological polar surface area (TPSA) is 68.8 Å². The smallest absolute Gasteiger partial charge is 0.254 e. The molecule has 26 heavy (non-hydrogen) atoms. The van der Waals surface area contributed by atoms with Gasteiger partial charge < -0.3 is 9.47 Å². The zero-order valence-electron chi connectivity index (χ0n) is 14.5. The van der Waals surface area contributed by atoms with E-state index in [0.29, 0.717) is 43.2 Å². The molecule has 7 nitrogen and oxygen atoms in total. The first-order valence-electron chi connectivity index (χ1n) is 8.56. The lowest BCUT2D eigenvalue weighted by molar-refractivity contribution is 0.0758. The third-order valence-electron chi connectivity index (χ3n) is 4.75. The number of carbonyl (C=O) groups excluding carboxylic acids is 1. The summed E-state index contributed by atoms with van der Waals surface area (Å²) < 4.78 is 3.92. The summed E-state index contributed by atoms with van der Waals surface area (Å²) in [6.07, 6.45) is 4.32. The van der Waals surface area contributed by atoms with Gasteiger partial charge in [-0.15, -0.1) is 10.2 Å². The number of carbonyl (C=O) groups is 1. The van der Waals surface area contributed by atoms with E-state index >= 15 is 0 Å². The molecule has 134 valence electrons. The van der Waals surface area contributed by atoms with E-state index in [9.17, 15) is 4.79 Å². The van der Waals surface area contributed by atoms with Crippen LogP contribution >= 0.6 is 11.6 Å². The van der Waals surface area contributed by atoms with Crippen LogP contribution in [0.15, 0.2) is 36.7 Å². The molecule has 3 heterocycles. The van der Waals surface area contributed by atoms with Gasteiger partial charge in [-0.3, -0.25) is 9.48 Å². The minimum Gasteiger partial charge on any atom is -0.336 e. The number of aromatic nitrogens is 5. The third kappa shape index (κ3) is 3.10. The average molecular weight is 371 g/mol. The lowest BCUT2D eigenvalue weighted by Gasteiger charge is -2.21. The second-order valence-corrected chi connectivity index (χ2v) is 6.75. The average Bonchev–Trinajstić information content (AvgIpc) is 3.23. The minimum atomic E-state index is 0.0114. The maximum atomic E-state index is 12.9. The number of hydrogen-bond acceptors (Lipinski definition) is 4. The zero-order valence-corrected chi connectivity index (χ0v) is 15.2. The number of amides is 1. The molecule has 0 fully saturated rings. The van der Waals surface area contributed by atoms with Crippen LogP contribution in [-0.2, 0) is 19.5 Å². The monoisotopic (exact) mass is 370 g/mol. The van der Waals surface area contributed by atoms with Crippen LogP contribution in [0.1, 0.15) is 27.6 Å². The standard InChI is InChI=1S/C18H19ClN6O/c1-13-14(4-2-5-15(13)19)18(26)23-9-6-16-21-22-17(25(16)11-10-23)12-24-8-3-7-20-24/h2-5,7-8H,6,9-12H2,1H3. The van der Waals surface area contributed by atoms with Crippen LogP contribution < -0.4 is 0 Å². The van der Waals surface area contributed by atoms with E-state index in [2.05, 4.69) is 19.9 Å². The van der Waals surface area contributed by atoms with Crippen LogP contribution in [0, 0.1) is 6.92 Å². The molecule has 0 aliphatic carbocycles. The molecule has 4 rings (SSSR count). The molecule has 3 aromatic rings. The first-order valence-corrected chi connectivity index (χ1v) is 8.94. The van der Waals surface area contributed by atoms with Gasteiger partial charge in [0.15, 0.2) is 5.82 Å². The Balaban J connectivity index is 1.52. The Morgan fingerprint density at radius 3 is 2.88 bits per heavy atom. The normalized spacial score (nSPS) is 14.2. The van der Waals surface area contributed by atoms with Gasteiger partial charge >= 0.3 is 0 Å². The van der Waals surface area contributed by atoms with Gasteiger partial charge in [0.25, 0.3) is 5.91 Å². The fraction of sp³-hybridized carbons (Fsp3) is 0.333. The van der Waals surface area contributed by atoms with Gasteiger partial charge in [-0.1, -0.05) is 17.7 Å². The summed E-state index contributed by atoms with van der Waals surface area (Å²) in [4.78, 5) is 14.8.